The maximum Gasteiger partial charge on any atom is 0.416 e. The lowest BCUT2D eigenvalue weighted by atomic mass is 10.1. The largest absolute Gasteiger partial charge is 0.416 e. The van der Waals surface area contributed by atoms with Gasteiger partial charge in [0.05, 0.1) is 12.1 Å². The molecular formula is C19H28F3IN4O. The zero-order chi connectivity index (χ0) is 20.1. The van der Waals surface area contributed by atoms with Gasteiger partial charge in [0, 0.05) is 46.0 Å². The van der Waals surface area contributed by atoms with Crippen LogP contribution in [0.3, 0.4) is 0 Å². The number of alkyl halides is 3. The second-order valence-corrected chi connectivity index (χ2v) is 5.88. The quantitative estimate of drug-likeness (QED) is 0.185. The number of hydrogen-bond acceptors (Lipinski definition) is 3. The fourth-order valence-electron chi connectivity index (χ4n) is 2.19. The summed E-state index contributed by atoms with van der Waals surface area (Å²) in [5, 5.41) is 6.23. The van der Waals surface area contributed by atoms with Gasteiger partial charge in [-0.05, 0) is 37.7 Å². The van der Waals surface area contributed by atoms with Crippen LogP contribution in [0.25, 0.3) is 0 Å². The van der Waals surface area contributed by atoms with Crippen LogP contribution in [0, 0.1) is 11.8 Å². The first-order chi connectivity index (χ1) is 12.9. The molecule has 0 aliphatic rings. The summed E-state index contributed by atoms with van der Waals surface area (Å²) in [5.41, 5.74) is -0.145. The molecule has 0 bridgehead atoms. The molecule has 0 aliphatic heterocycles. The average Bonchev–Trinajstić information content (AvgIpc) is 2.63. The van der Waals surface area contributed by atoms with Gasteiger partial charge in [-0.25, -0.2) is 0 Å². The van der Waals surface area contributed by atoms with Gasteiger partial charge < -0.3 is 20.3 Å². The number of benzene rings is 1. The molecule has 0 aromatic heterocycles. The fourth-order valence-corrected chi connectivity index (χ4v) is 2.19. The third kappa shape index (κ3) is 11.4. The van der Waals surface area contributed by atoms with Crippen LogP contribution >= 0.6 is 24.0 Å². The third-order valence-corrected chi connectivity index (χ3v) is 3.69. The SMILES string of the molecule is CN=C(NCC#Cc1ccc(C(F)(F)F)cc1)NCCN(C)CCCOC.I. The van der Waals surface area contributed by atoms with E-state index < -0.39 is 11.7 Å². The summed E-state index contributed by atoms with van der Waals surface area (Å²) in [5.74, 6) is 6.32. The number of guanidine groups is 1. The first kappa shape index (κ1) is 26.5. The Balaban J connectivity index is 0.00000729. The van der Waals surface area contributed by atoms with Crippen LogP contribution in [-0.2, 0) is 10.9 Å². The molecule has 0 fully saturated rings. The molecule has 0 atom stereocenters. The molecule has 0 radical (unpaired) electrons. The lowest BCUT2D eigenvalue weighted by Gasteiger charge is -2.17. The molecule has 0 aliphatic carbocycles. The van der Waals surface area contributed by atoms with Crippen molar-refractivity contribution in [3.8, 4) is 11.8 Å². The number of aliphatic imine (C=N–C) groups is 1. The van der Waals surface area contributed by atoms with Gasteiger partial charge in [-0.1, -0.05) is 11.8 Å². The summed E-state index contributed by atoms with van der Waals surface area (Å²) < 4.78 is 42.6. The van der Waals surface area contributed by atoms with Crippen molar-refractivity contribution >= 4 is 29.9 Å². The Hall–Kier alpha value is -1.51. The summed E-state index contributed by atoms with van der Waals surface area (Å²) in [6.07, 6.45) is -3.34. The standard InChI is InChI=1S/C19H27F3N4O.HI/c1-23-18(25-12-14-26(2)13-5-15-27-3)24-11-4-6-16-7-9-17(10-8-16)19(20,21)22;/h7-10H,5,11-15H2,1-3H3,(H2,23,24,25);1H. The smallest absolute Gasteiger partial charge is 0.385 e. The van der Waals surface area contributed by atoms with Crippen LogP contribution < -0.4 is 10.6 Å². The molecule has 0 saturated carbocycles. The molecule has 0 saturated heterocycles. The highest BCUT2D eigenvalue weighted by Crippen LogP contribution is 2.28. The summed E-state index contributed by atoms with van der Waals surface area (Å²) >= 11 is 0. The minimum atomic E-state index is -4.33. The highest BCUT2D eigenvalue weighted by molar-refractivity contribution is 14.0. The van der Waals surface area contributed by atoms with Crippen molar-refractivity contribution in [1.82, 2.24) is 15.5 Å². The lowest BCUT2D eigenvalue weighted by Crippen LogP contribution is -2.41. The van der Waals surface area contributed by atoms with E-state index in [4.69, 9.17) is 4.74 Å². The summed E-state index contributed by atoms with van der Waals surface area (Å²) in [6.45, 7) is 3.64. The number of nitrogens with one attached hydrogen (secondary N) is 2. The van der Waals surface area contributed by atoms with E-state index in [0.29, 0.717) is 18.1 Å². The third-order valence-electron chi connectivity index (χ3n) is 3.69. The molecule has 0 spiro atoms. The summed E-state index contributed by atoms with van der Waals surface area (Å²) in [7, 11) is 5.40. The fraction of sp³-hybridized carbons (Fsp3) is 0.526. The molecule has 0 heterocycles. The molecule has 9 heteroatoms. The molecule has 0 amide bonds. The van der Waals surface area contributed by atoms with Crippen molar-refractivity contribution < 1.29 is 17.9 Å². The van der Waals surface area contributed by atoms with Crippen LogP contribution in [0.5, 0.6) is 0 Å². The van der Waals surface area contributed by atoms with E-state index in [0.717, 1.165) is 44.8 Å². The molecule has 2 N–H and O–H groups in total. The Morgan fingerprint density at radius 3 is 2.43 bits per heavy atom. The molecule has 1 rings (SSSR count). The Morgan fingerprint density at radius 1 is 1.18 bits per heavy atom. The van der Waals surface area contributed by atoms with Crippen molar-refractivity contribution in [3.05, 3.63) is 35.4 Å². The number of rotatable bonds is 8. The van der Waals surface area contributed by atoms with Crippen LogP contribution in [0.4, 0.5) is 13.2 Å². The molecule has 5 nitrogen and oxygen atoms in total. The average molecular weight is 512 g/mol. The molecule has 158 valence electrons. The van der Waals surface area contributed by atoms with E-state index in [2.05, 4.69) is 32.4 Å². The van der Waals surface area contributed by atoms with Crippen molar-refractivity contribution in [2.75, 3.05) is 54.0 Å². The van der Waals surface area contributed by atoms with E-state index in [9.17, 15) is 13.2 Å². The minimum Gasteiger partial charge on any atom is -0.385 e. The summed E-state index contributed by atoms with van der Waals surface area (Å²) in [4.78, 5) is 6.30. The number of likely N-dealkylation sites (N-methyl/N-ethyl adjacent to an activating group) is 1. The number of halogens is 4. The van der Waals surface area contributed by atoms with Crippen LogP contribution in [0.15, 0.2) is 29.3 Å². The molecule has 1 aromatic carbocycles. The van der Waals surface area contributed by atoms with Gasteiger partial charge in [0.25, 0.3) is 0 Å². The molecule has 28 heavy (non-hydrogen) atoms. The second-order valence-electron chi connectivity index (χ2n) is 5.88. The number of hydrogen-bond donors (Lipinski definition) is 2. The summed E-state index contributed by atoms with van der Waals surface area (Å²) in [6, 6.07) is 4.78. The lowest BCUT2D eigenvalue weighted by molar-refractivity contribution is -0.137. The van der Waals surface area contributed by atoms with Crippen LogP contribution in [0.1, 0.15) is 17.5 Å². The predicted octanol–water partition coefficient (Wildman–Crippen LogP) is 2.81. The molecule has 1 aromatic rings. The number of methoxy groups -OCH3 is 1. The van der Waals surface area contributed by atoms with Gasteiger partial charge in [0.15, 0.2) is 5.96 Å². The van der Waals surface area contributed by atoms with E-state index in [-0.39, 0.29) is 24.0 Å². The monoisotopic (exact) mass is 512 g/mol. The normalized spacial score (nSPS) is 11.5. The molecule has 0 unspecified atom stereocenters. The predicted molar refractivity (Wildman–Crippen MR) is 117 cm³/mol. The van der Waals surface area contributed by atoms with Crippen molar-refractivity contribution in [3.63, 3.8) is 0 Å². The van der Waals surface area contributed by atoms with E-state index in [1.54, 1.807) is 14.2 Å². The number of nitrogens with zero attached hydrogens (tertiary/aromatic N) is 2. The maximum atomic E-state index is 12.5. The highest BCUT2D eigenvalue weighted by atomic mass is 127. The van der Waals surface area contributed by atoms with E-state index in [1.807, 2.05) is 7.05 Å². The Labute approximate surface area is 182 Å². The van der Waals surface area contributed by atoms with E-state index >= 15 is 0 Å². The highest BCUT2D eigenvalue weighted by Gasteiger charge is 2.29. The Morgan fingerprint density at radius 2 is 1.86 bits per heavy atom. The minimum absolute atomic E-state index is 0. The Bertz CT molecular complexity index is 639. The first-order valence-electron chi connectivity index (χ1n) is 8.65. The van der Waals surface area contributed by atoms with Gasteiger partial charge >= 0.3 is 6.18 Å². The van der Waals surface area contributed by atoms with Crippen molar-refractivity contribution in [1.29, 1.82) is 0 Å². The van der Waals surface area contributed by atoms with Gasteiger partial charge in [-0.2, -0.15) is 13.2 Å². The van der Waals surface area contributed by atoms with Gasteiger partial charge in [0.1, 0.15) is 0 Å². The van der Waals surface area contributed by atoms with Crippen molar-refractivity contribution in [2.45, 2.75) is 12.6 Å². The van der Waals surface area contributed by atoms with Crippen LogP contribution in [0.2, 0.25) is 0 Å². The Kier molecular flexibility index (Phi) is 13.7. The van der Waals surface area contributed by atoms with Gasteiger partial charge in [-0.3, -0.25) is 4.99 Å². The zero-order valence-corrected chi connectivity index (χ0v) is 18.7. The second kappa shape index (κ2) is 14.5. The van der Waals surface area contributed by atoms with Crippen molar-refractivity contribution in [2.24, 2.45) is 4.99 Å². The maximum absolute atomic E-state index is 12.5. The van der Waals surface area contributed by atoms with E-state index in [1.165, 1.54) is 12.1 Å². The zero-order valence-electron chi connectivity index (χ0n) is 16.4. The van der Waals surface area contributed by atoms with Gasteiger partial charge in [0.2, 0.25) is 0 Å². The van der Waals surface area contributed by atoms with Crippen LogP contribution in [-0.4, -0.2) is 64.9 Å². The first-order valence-corrected chi connectivity index (χ1v) is 8.65. The van der Waals surface area contributed by atoms with Gasteiger partial charge in [-0.15, -0.1) is 24.0 Å². The molecular weight excluding hydrogens is 484 g/mol. The number of ether oxygens (including phenoxy) is 1. The topological polar surface area (TPSA) is 48.9 Å².